The number of carboxylic acid groups (broad SMARTS) is 6. The van der Waals surface area contributed by atoms with Gasteiger partial charge in [0.1, 0.15) is 0 Å². The fraction of sp³-hybridized carbons (Fsp3) is 0. The summed E-state index contributed by atoms with van der Waals surface area (Å²) in [6, 6.07) is 0. The number of rotatable bonds is 7. The summed E-state index contributed by atoms with van der Waals surface area (Å²) in [7, 11) is 0. The van der Waals surface area contributed by atoms with Gasteiger partial charge in [-0.2, -0.15) is 0 Å². The number of hydrogen-bond acceptors (Lipinski definition) is 6. The molecule has 12 heteroatoms. The lowest BCUT2D eigenvalue weighted by molar-refractivity contribution is -0.130. The Balaban J connectivity index is 4.56. The summed E-state index contributed by atoms with van der Waals surface area (Å²) in [5.41, 5.74) is -10.4. The molecule has 0 saturated carbocycles. The van der Waals surface area contributed by atoms with E-state index in [1.807, 2.05) is 0 Å². The van der Waals surface area contributed by atoms with E-state index in [-0.39, 0.29) is 0 Å². The average Bonchev–Trinajstić information content (AvgIpc) is 2.49. The van der Waals surface area contributed by atoms with Gasteiger partial charge in [-0.25, -0.2) is 28.8 Å². The van der Waals surface area contributed by atoms with E-state index in [9.17, 15) is 49.2 Å². The highest BCUT2D eigenvalue weighted by atomic mass is 16.4. The summed E-state index contributed by atoms with van der Waals surface area (Å²) >= 11 is 0. The molecule has 0 saturated heterocycles. The van der Waals surface area contributed by atoms with Gasteiger partial charge in [-0.05, 0) is 0 Å². The lowest BCUT2D eigenvalue weighted by Crippen LogP contribution is -2.26. The van der Waals surface area contributed by atoms with E-state index in [1.54, 1.807) is 0 Å². The second kappa shape index (κ2) is 6.72. The fourth-order valence-corrected chi connectivity index (χ4v) is 2.23. The Morgan fingerprint density at radius 2 is 0.654 bits per heavy atom. The number of carbonyl (C=O) groups is 6. The molecule has 0 spiro atoms. The van der Waals surface area contributed by atoms with Crippen LogP contribution in [0.3, 0.4) is 0 Å². The Morgan fingerprint density at radius 3 is 0.808 bits per heavy atom. The molecule has 0 aliphatic heterocycles. The number of benzene rings is 1. The Morgan fingerprint density at radius 1 is 0.462 bits per heavy atom. The quantitative estimate of drug-likeness (QED) is 0.357. The van der Waals surface area contributed by atoms with Crippen molar-refractivity contribution in [3.8, 4) is 0 Å². The zero-order chi connectivity index (χ0) is 20.5. The average molecular weight is 368 g/mol. The molecule has 1 aromatic rings. The Labute approximate surface area is 141 Å². The molecule has 6 N–H and O–H groups in total. The second-order valence-electron chi connectivity index (χ2n) is 4.56. The van der Waals surface area contributed by atoms with Crippen LogP contribution >= 0.6 is 0 Å². The fourth-order valence-electron chi connectivity index (χ4n) is 2.23. The van der Waals surface area contributed by atoms with E-state index in [0.717, 1.165) is 0 Å². The maximum atomic E-state index is 11.5. The molecule has 1 rings (SSSR count). The maximum absolute atomic E-state index is 11.5. The first-order valence-corrected chi connectivity index (χ1v) is 6.17. The smallest absolute Gasteiger partial charge is 0.337 e. The van der Waals surface area contributed by atoms with Crippen LogP contribution in [0.4, 0.5) is 0 Å². The van der Waals surface area contributed by atoms with Gasteiger partial charge in [0.25, 0.3) is 0 Å². The highest BCUT2D eigenvalue weighted by molar-refractivity contribution is 6.26. The molecule has 0 aliphatic rings. The van der Waals surface area contributed by atoms with Crippen molar-refractivity contribution in [2.75, 3.05) is 0 Å². The van der Waals surface area contributed by atoms with Gasteiger partial charge in [-0.1, -0.05) is 6.58 Å². The van der Waals surface area contributed by atoms with Crippen LogP contribution in [0.2, 0.25) is 0 Å². The Kier molecular flexibility index (Phi) is 5.13. The maximum Gasteiger partial charge on any atom is 0.337 e. The molecule has 0 aromatic heterocycles. The molecule has 0 bridgehead atoms. The van der Waals surface area contributed by atoms with E-state index >= 15 is 0 Å². The summed E-state index contributed by atoms with van der Waals surface area (Å²) in [6.07, 6.45) is 0. The summed E-state index contributed by atoms with van der Waals surface area (Å²) in [6.45, 7) is 2.93. The van der Waals surface area contributed by atoms with Gasteiger partial charge in [0.2, 0.25) is 0 Å². The van der Waals surface area contributed by atoms with Crippen LogP contribution in [-0.2, 0) is 4.79 Å². The predicted octanol–water partition coefficient (Wildman–Crippen LogP) is 0.275. The number of aromatic carboxylic acids is 5. The van der Waals surface area contributed by atoms with Crippen LogP contribution in [0.5, 0.6) is 0 Å². The first-order chi connectivity index (χ1) is 11.8. The van der Waals surface area contributed by atoms with Crippen molar-refractivity contribution >= 4 is 41.4 Å². The minimum atomic E-state index is -2.24. The van der Waals surface area contributed by atoms with Crippen molar-refractivity contribution < 1.29 is 59.4 Å². The van der Waals surface area contributed by atoms with Gasteiger partial charge in [0.15, 0.2) is 0 Å². The highest BCUT2D eigenvalue weighted by Gasteiger charge is 2.39. The van der Waals surface area contributed by atoms with E-state index in [0.29, 0.717) is 0 Å². The summed E-state index contributed by atoms with van der Waals surface area (Å²) < 4.78 is 0. The molecule has 136 valence electrons. The van der Waals surface area contributed by atoms with E-state index in [4.69, 9.17) is 10.2 Å². The van der Waals surface area contributed by atoms with Crippen LogP contribution in [0.15, 0.2) is 6.58 Å². The molecule has 0 atom stereocenters. The first-order valence-electron chi connectivity index (χ1n) is 6.17. The van der Waals surface area contributed by atoms with Gasteiger partial charge < -0.3 is 30.6 Å². The van der Waals surface area contributed by atoms with Crippen molar-refractivity contribution in [3.05, 3.63) is 40.0 Å². The zero-order valence-corrected chi connectivity index (χ0v) is 12.3. The minimum Gasteiger partial charge on any atom is -0.478 e. The number of hydrogen-bond donors (Lipinski definition) is 6. The van der Waals surface area contributed by atoms with Crippen molar-refractivity contribution in [1.82, 2.24) is 0 Å². The molecule has 0 amide bonds. The van der Waals surface area contributed by atoms with Crippen molar-refractivity contribution in [2.45, 2.75) is 0 Å². The molecule has 0 unspecified atom stereocenters. The van der Waals surface area contributed by atoms with Crippen LogP contribution < -0.4 is 0 Å². The molecule has 0 radical (unpaired) electrons. The SMILES string of the molecule is C=C(C(=O)O)c1c(C(=O)O)c(C(=O)O)c(C(=O)O)c(C(=O)O)c1C(=O)O. The highest BCUT2D eigenvalue weighted by Crippen LogP contribution is 2.33. The lowest BCUT2D eigenvalue weighted by atomic mass is 9.83. The summed E-state index contributed by atoms with van der Waals surface area (Å²) in [5, 5.41) is 55.0. The molecule has 12 nitrogen and oxygen atoms in total. The van der Waals surface area contributed by atoms with E-state index in [1.165, 1.54) is 0 Å². The third-order valence-corrected chi connectivity index (χ3v) is 3.13. The first kappa shape index (κ1) is 19.8. The Bertz CT molecular complexity index is 867. The van der Waals surface area contributed by atoms with Crippen LogP contribution in [-0.4, -0.2) is 66.5 Å². The van der Waals surface area contributed by atoms with Crippen LogP contribution in [0.1, 0.15) is 57.4 Å². The Hall–Kier alpha value is -4.22. The third kappa shape index (κ3) is 3.06. The topological polar surface area (TPSA) is 224 Å². The molecule has 26 heavy (non-hydrogen) atoms. The molecular formula is C14H8O12. The van der Waals surface area contributed by atoms with Crippen molar-refractivity contribution in [1.29, 1.82) is 0 Å². The minimum absolute atomic E-state index is 1.25. The second-order valence-corrected chi connectivity index (χ2v) is 4.56. The largest absolute Gasteiger partial charge is 0.478 e. The molecule has 0 heterocycles. The summed E-state index contributed by atoms with van der Waals surface area (Å²) in [5.74, 6) is -13.1. The van der Waals surface area contributed by atoms with Gasteiger partial charge in [-0.3, -0.25) is 0 Å². The van der Waals surface area contributed by atoms with Gasteiger partial charge in [-0.15, -0.1) is 0 Å². The lowest BCUT2D eigenvalue weighted by Gasteiger charge is -2.18. The normalized spacial score (nSPS) is 10.0. The molecule has 0 aliphatic carbocycles. The van der Waals surface area contributed by atoms with E-state index in [2.05, 4.69) is 6.58 Å². The number of aliphatic carboxylic acids is 1. The van der Waals surface area contributed by atoms with Gasteiger partial charge >= 0.3 is 35.8 Å². The molecule has 1 aromatic carbocycles. The van der Waals surface area contributed by atoms with Crippen LogP contribution in [0, 0.1) is 0 Å². The molecular weight excluding hydrogens is 360 g/mol. The summed E-state index contributed by atoms with van der Waals surface area (Å²) in [4.78, 5) is 68.3. The van der Waals surface area contributed by atoms with E-state index < -0.39 is 74.8 Å². The monoisotopic (exact) mass is 368 g/mol. The number of carboxylic acids is 6. The van der Waals surface area contributed by atoms with Gasteiger partial charge in [0.05, 0.1) is 33.4 Å². The van der Waals surface area contributed by atoms with Crippen molar-refractivity contribution in [3.63, 3.8) is 0 Å². The van der Waals surface area contributed by atoms with Crippen molar-refractivity contribution in [2.24, 2.45) is 0 Å². The van der Waals surface area contributed by atoms with Gasteiger partial charge in [0, 0.05) is 5.56 Å². The third-order valence-electron chi connectivity index (χ3n) is 3.13. The molecule has 0 fully saturated rings. The zero-order valence-electron chi connectivity index (χ0n) is 12.3. The standard InChI is InChI=1S/C14H8O12/c1-2(9(15)16)3-4(10(17)18)6(12(21)22)8(14(25)26)7(13(23)24)5(3)11(19)20/h1H2,(H,15,16)(H,17,18)(H,19,20)(H,21,22)(H,23,24)(H,25,26). The van der Waals surface area contributed by atoms with Crippen LogP contribution in [0.25, 0.3) is 5.57 Å². The predicted molar refractivity (Wildman–Crippen MR) is 77.9 cm³/mol.